The van der Waals surface area contributed by atoms with E-state index < -0.39 is 20.9 Å². The van der Waals surface area contributed by atoms with E-state index >= 15 is 4.39 Å². The zero-order valence-corrected chi connectivity index (χ0v) is 25.4. The standard InChI is InChI=1S/C31H31FN8O3S/c1-19-23-7-5-4-6-20(23)10-13-39(19)31(41)27-15-29(28-18-37(2)36-34-28)40-30(33-27)16-26(35-40)24-9-8-21(14-25(24)32)38-12-11-22(17-38)44(3,42)43/h4-9,14-16,18-19,22H,10-13,17H2,1-3H3/t19-,22+/m1/s1. The number of halogens is 1. The van der Waals surface area contributed by atoms with Gasteiger partial charge in [-0.25, -0.2) is 22.3 Å². The van der Waals surface area contributed by atoms with Crippen molar-refractivity contribution in [1.29, 1.82) is 0 Å². The second kappa shape index (κ2) is 10.5. The van der Waals surface area contributed by atoms with Crippen LogP contribution in [0.4, 0.5) is 10.1 Å². The number of amides is 1. The highest BCUT2D eigenvalue weighted by molar-refractivity contribution is 7.91. The molecule has 1 fully saturated rings. The van der Waals surface area contributed by atoms with Crippen molar-refractivity contribution in [1.82, 2.24) is 34.5 Å². The van der Waals surface area contributed by atoms with Crippen LogP contribution in [0.2, 0.25) is 0 Å². The summed E-state index contributed by atoms with van der Waals surface area (Å²) in [7, 11) is -1.42. The quantitative estimate of drug-likeness (QED) is 0.294. The summed E-state index contributed by atoms with van der Waals surface area (Å²) in [5, 5.41) is 12.5. The molecule has 11 nitrogen and oxygen atoms in total. The Labute approximate surface area is 253 Å². The summed E-state index contributed by atoms with van der Waals surface area (Å²) in [5.41, 5.74) is 5.18. The van der Waals surface area contributed by atoms with E-state index in [1.54, 1.807) is 46.7 Å². The van der Waals surface area contributed by atoms with Crippen LogP contribution in [0.25, 0.3) is 28.3 Å². The second-order valence-corrected chi connectivity index (χ2v) is 13.9. The van der Waals surface area contributed by atoms with Gasteiger partial charge >= 0.3 is 0 Å². The summed E-state index contributed by atoms with van der Waals surface area (Å²) in [4.78, 5) is 22.3. The average Bonchev–Trinajstić information content (AvgIpc) is 3.76. The Balaban J connectivity index is 1.26. The molecule has 226 valence electrons. The van der Waals surface area contributed by atoms with Crippen LogP contribution in [0.15, 0.2) is 60.8 Å². The van der Waals surface area contributed by atoms with Crippen molar-refractivity contribution < 1.29 is 17.6 Å². The summed E-state index contributed by atoms with van der Waals surface area (Å²) in [6.45, 7) is 3.45. The van der Waals surface area contributed by atoms with Gasteiger partial charge in [-0.2, -0.15) is 5.10 Å². The molecule has 1 saturated heterocycles. The Hall–Kier alpha value is -4.65. The number of hydrogen-bond donors (Lipinski definition) is 0. The summed E-state index contributed by atoms with van der Waals surface area (Å²) in [6.07, 6.45) is 4.22. The molecule has 7 rings (SSSR count). The van der Waals surface area contributed by atoms with E-state index in [0.717, 1.165) is 12.0 Å². The number of sulfone groups is 1. The van der Waals surface area contributed by atoms with E-state index in [1.165, 1.54) is 17.9 Å². The van der Waals surface area contributed by atoms with Crippen molar-refractivity contribution in [2.75, 3.05) is 30.8 Å². The molecule has 3 aromatic heterocycles. The van der Waals surface area contributed by atoms with E-state index in [9.17, 15) is 13.2 Å². The van der Waals surface area contributed by atoms with Crippen LogP contribution in [0, 0.1) is 5.82 Å². The first-order valence-electron chi connectivity index (χ1n) is 14.5. The summed E-state index contributed by atoms with van der Waals surface area (Å²) in [6, 6.07) is 16.2. The van der Waals surface area contributed by atoms with Crippen LogP contribution >= 0.6 is 0 Å². The Morgan fingerprint density at radius 3 is 2.59 bits per heavy atom. The topological polar surface area (TPSA) is 119 Å². The Morgan fingerprint density at radius 2 is 1.86 bits per heavy atom. The molecular formula is C31H31FN8O3S. The highest BCUT2D eigenvalue weighted by Gasteiger charge is 2.32. The predicted octanol–water partition coefficient (Wildman–Crippen LogP) is 3.71. The van der Waals surface area contributed by atoms with Crippen molar-refractivity contribution in [2.45, 2.75) is 31.1 Å². The Morgan fingerprint density at radius 1 is 1.05 bits per heavy atom. The molecule has 0 bridgehead atoms. The number of anilines is 1. The molecule has 5 aromatic rings. The fraction of sp³-hybridized carbons (Fsp3) is 0.323. The minimum Gasteiger partial charge on any atom is -0.370 e. The van der Waals surface area contributed by atoms with Crippen molar-refractivity contribution in [2.24, 2.45) is 7.05 Å². The lowest BCUT2D eigenvalue weighted by atomic mass is 9.93. The lowest BCUT2D eigenvalue weighted by molar-refractivity contribution is 0.0672. The average molecular weight is 615 g/mol. The maximum atomic E-state index is 15.6. The maximum Gasteiger partial charge on any atom is 0.273 e. The fourth-order valence-electron chi connectivity index (χ4n) is 6.28. The largest absolute Gasteiger partial charge is 0.370 e. The van der Waals surface area contributed by atoms with Gasteiger partial charge in [0, 0.05) is 50.3 Å². The van der Waals surface area contributed by atoms with Crippen molar-refractivity contribution in [3.63, 3.8) is 0 Å². The first kappa shape index (κ1) is 28.1. The number of rotatable bonds is 5. The zero-order chi connectivity index (χ0) is 30.7. The molecule has 0 radical (unpaired) electrons. The monoisotopic (exact) mass is 614 g/mol. The molecule has 1 amide bonds. The molecule has 2 aliphatic heterocycles. The van der Waals surface area contributed by atoms with Gasteiger partial charge in [0.25, 0.3) is 5.91 Å². The number of hydrogen-bond acceptors (Lipinski definition) is 8. The van der Waals surface area contributed by atoms with E-state index in [0.29, 0.717) is 54.5 Å². The first-order valence-corrected chi connectivity index (χ1v) is 16.4. The number of aromatic nitrogens is 6. The third-order valence-electron chi connectivity index (χ3n) is 8.71. The summed E-state index contributed by atoms with van der Waals surface area (Å²) >= 11 is 0. The molecule has 5 heterocycles. The third kappa shape index (κ3) is 4.90. The van der Waals surface area contributed by atoms with Crippen molar-refractivity contribution in [3.05, 3.63) is 83.4 Å². The number of carbonyl (C=O) groups is 1. The molecule has 0 saturated carbocycles. The molecule has 2 aromatic carbocycles. The van der Waals surface area contributed by atoms with Gasteiger partial charge in [0.15, 0.2) is 15.5 Å². The maximum absolute atomic E-state index is 15.6. The molecule has 0 spiro atoms. The van der Waals surface area contributed by atoms with E-state index in [2.05, 4.69) is 32.5 Å². The van der Waals surface area contributed by atoms with E-state index in [4.69, 9.17) is 0 Å². The molecule has 0 aliphatic carbocycles. The minimum atomic E-state index is -3.17. The molecule has 0 unspecified atom stereocenters. The van der Waals surface area contributed by atoms with Crippen LogP contribution in [-0.4, -0.2) is 80.0 Å². The Kier molecular flexibility index (Phi) is 6.72. The van der Waals surface area contributed by atoms with Gasteiger partial charge in [-0.15, -0.1) is 5.10 Å². The van der Waals surface area contributed by atoms with Crippen LogP contribution in [0.5, 0.6) is 0 Å². The molecular weight excluding hydrogens is 583 g/mol. The molecule has 44 heavy (non-hydrogen) atoms. The molecule has 0 N–H and O–H groups in total. The third-order valence-corrected chi connectivity index (χ3v) is 10.3. The lowest BCUT2D eigenvalue weighted by Crippen LogP contribution is -2.39. The van der Waals surface area contributed by atoms with Gasteiger partial charge in [0.2, 0.25) is 0 Å². The van der Waals surface area contributed by atoms with Gasteiger partial charge in [0.05, 0.1) is 28.9 Å². The minimum absolute atomic E-state index is 0.123. The number of carbonyl (C=O) groups excluding carboxylic acids is 1. The highest BCUT2D eigenvalue weighted by atomic mass is 32.2. The number of fused-ring (bicyclic) bond motifs is 2. The highest BCUT2D eigenvalue weighted by Crippen LogP contribution is 2.33. The summed E-state index contributed by atoms with van der Waals surface area (Å²) < 4.78 is 42.7. The van der Waals surface area contributed by atoms with Gasteiger partial charge in [-0.3, -0.25) is 9.48 Å². The number of nitrogens with zero attached hydrogens (tertiary/aromatic N) is 8. The van der Waals surface area contributed by atoms with Gasteiger partial charge in [-0.1, -0.05) is 29.5 Å². The summed E-state index contributed by atoms with van der Waals surface area (Å²) in [5.74, 6) is -0.706. The van der Waals surface area contributed by atoms with Gasteiger partial charge in [-0.05, 0) is 55.2 Å². The number of aryl methyl sites for hydroxylation is 1. The second-order valence-electron chi connectivity index (χ2n) is 11.6. The number of benzene rings is 2. The van der Waals surface area contributed by atoms with Crippen LogP contribution in [0.1, 0.15) is 41.0 Å². The molecule has 2 aliphatic rings. The van der Waals surface area contributed by atoms with Crippen molar-refractivity contribution in [3.8, 4) is 22.6 Å². The van der Waals surface area contributed by atoms with Crippen molar-refractivity contribution >= 4 is 27.1 Å². The van der Waals surface area contributed by atoms with Gasteiger partial charge < -0.3 is 9.80 Å². The van der Waals surface area contributed by atoms with Gasteiger partial charge in [0.1, 0.15) is 17.2 Å². The van der Waals surface area contributed by atoms with E-state index in [-0.39, 0.29) is 23.2 Å². The normalized spacial score (nSPS) is 18.6. The van der Waals surface area contributed by atoms with Crippen LogP contribution in [0.3, 0.4) is 0 Å². The Bertz CT molecular complexity index is 2040. The molecule has 13 heteroatoms. The van der Waals surface area contributed by atoms with E-state index in [1.807, 2.05) is 28.9 Å². The fourth-order valence-corrected chi connectivity index (χ4v) is 7.26. The molecule has 2 atom stereocenters. The smallest absolute Gasteiger partial charge is 0.273 e. The zero-order valence-electron chi connectivity index (χ0n) is 24.6. The van der Waals surface area contributed by atoms with Crippen LogP contribution < -0.4 is 4.90 Å². The van der Waals surface area contributed by atoms with Crippen LogP contribution in [-0.2, 0) is 23.3 Å². The SMILES string of the molecule is C[C@@H]1c2ccccc2CCN1C(=O)c1cc(-c2cn(C)nn2)n2nc(-c3ccc(N4CC[C@H](S(C)(=O)=O)C4)cc3F)cc2n1. The lowest BCUT2D eigenvalue weighted by Gasteiger charge is -2.35. The first-order chi connectivity index (χ1) is 21.1. The predicted molar refractivity (Wildman–Crippen MR) is 163 cm³/mol.